The first kappa shape index (κ1) is 13.9. The van der Waals surface area contributed by atoms with Gasteiger partial charge in [0, 0.05) is 29.3 Å². The number of hydrogen-bond acceptors (Lipinski definition) is 2. The number of anilines is 1. The molecule has 0 aromatic heterocycles. The van der Waals surface area contributed by atoms with Gasteiger partial charge in [0.25, 0.3) is 0 Å². The summed E-state index contributed by atoms with van der Waals surface area (Å²) in [6.45, 7) is 9.24. The van der Waals surface area contributed by atoms with Gasteiger partial charge in [0.05, 0.1) is 0 Å². The predicted octanol–water partition coefficient (Wildman–Crippen LogP) is 3.97. The first-order valence-electron chi connectivity index (χ1n) is 6.64. The molecule has 1 aromatic carbocycles. The maximum atomic E-state index is 3.58. The van der Waals surface area contributed by atoms with Crippen molar-refractivity contribution in [2.75, 3.05) is 25.0 Å². The van der Waals surface area contributed by atoms with E-state index in [1.54, 1.807) is 0 Å². The lowest BCUT2D eigenvalue weighted by Gasteiger charge is -2.26. The Morgan fingerprint density at radius 2 is 2.11 bits per heavy atom. The molecule has 1 aliphatic heterocycles. The number of benzene rings is 1. The van der Waals surface area contributed by atoms with Gasteiger partial charge in [-0.3, -0.25) is 0 Å². The van der Waals surface area contributed by atoms with Crippen molar-refractivity contribution in [3.63, 3.8) is 0 Å². The van der Waals surface area contributed by atoms with Crippen LogP contribution in [-0.4, -0.2) is 20.1 Å². The summed E-state index contributed by atoms with van der Waals surface area (Å²) in [6, 6.07) is 7.00. The highest BCUT2D eigenvalue weighted by molar-refractivity contribution is 9.10. The standard InChI is InChI=1S/C15H23BrN2/c1-11(17-4)13-9-12(16)5-6-14(13)18-8-7-15(2,3)10-18/h5-6,9,11,17H,7-8,10H2,1-4H3. The van der Waals surface area contributed by atoms with E-state index in [2.05, 4.69) is 65.1 Å². The topological polar surface area (TPSA) is 15.3 Å². The Hall–Kier alpha value is -0.540. The fourth-order valence-electron chi connectivity index (χ4n) is 2.63. The highest BCUT2D eigenvalue weighted by Gasteiger charge is 2.30. The van der Waals surface area contributed by atoms with Gasteiger partial charge in [0.2, 0.25) is 0 Å². The van der Waals surface area contributed by atoms with Gasteiger partial charge in [0.15, 0.2) is 0 Å². The van der Waals surface area contributed by atoms with E-state index in [0.717, 1.165) is 17.6 Å². The molecule has 3 heteroatoms. The summed E-state index contributed by atoms with van der Waals surface area (Å²) in [7, 11) is 2.02. The number of nitrogens with zero attached hydrogens (tertiary/aromatic N) is 1. The molecular formula is C15H23BrN2. The summed E-state index contributed by atoms with van der Waals surface area (Å²) in [5.41, 5.74) is 3.20. The molecule has 2 rings (SSSR count). The zero-order chi connectivity index (χ0) is 13.3. The van der Waals surface area contributed by atoms with Crippen molar-refractivity contribution in [1.29, 1.82) is 0 Å². The summed E-state index contributed by atoms with van der Waals surface area (Å²) in [4.78, 5) is 2.52. The number of hydrogen-bond donors (Lipinski definition) is 1. The van der Waals surface area contributed by atoms with Crippen LogP contribution in [0.15, 0.2) is 22.7 Å². The van der Waals surface area contributed by atoms with Crippen LogP contribution in [0.1, 0.15) is 38.8 Å². The van der Waals surface area contributed by atoms with Gasteiger partial charge in [-0.1, -0.05) is 29.8 Å². The summed E-state index contributed by atoms with van der Waals surface area (Å²) in [5.74, 6) is 0. The van der Waals surface area contributed by atoms with Crippen LogP contribution in [0.2, 0.25) is 0 Å². The van der Waals surface area contributed by atoms with Crippen LogP contribution >= 0.6 is 15.9 Å². The second kappa shape index (κ2) is 5.22. The van der Waals surface area contributed by atoms with Crippen LogP contribution in [0.4, 0.5) is 5.69 Å². The molecule has 1 N–H and O–H groups in total. The average Bonchev–Trinajstić information content (AvgIpc) is 2.68. The van der Waals surface area contributed by atoms with Crippen LogP contribution in [-0.2, 0) is 0 Å². The third-order valence-corrected chi connectivity index (χ3v) is 4.40. The second-order valence-corrected chi connectivity index (χ2v) is 6.96. The van der Waals surface area contributed by atoms with Crippen LogP contribution in [0.25, 0.3) is 0 Å². The lowest BCUT2D eigenvalue weighted by atomic mass is 9.93. The van der Waals surface area contributed by atoms with Crippen LogP contribution < -0.4 is 10.2 Å². The van der Waals surface area contributed by atoms with Crippen molar-refractivity contribution < 1.29 is 0 Å². The predicted molar refractivity (Wildman–Crippen MR) is 82.2 cm³/mol. The molecule has 0 amide bonds. The molecule has 0 bridgehead atoms. The molecule has 1 heterocycles. The smallest absolute Gasteiger partial charge is 0.0415 e. The molecule has 18 heavy (non-hydrogen) atoms. The van der Waals surface area contributed by atoms with Crippen LogP contribution in [0.3, 0.4) is 0 Å². The minimum absolute atomic E-state index is 0.376. The Balaban J connectivity index is 2.33. The third-order valence-electron chi connectivity index (χ3n) is 3.91. The Morgan fingerprint density at radius 3 is 2.67 bits per heavy atom. The van der Waals surface area contributed by atoms with E-state index in [9.17, 15) is 0 Å². The van der Waals surface area contributed by atoms with E-state index in [1.807, 2.05) is 7.05 Å². The van der Waals surface area contributed by atoms with Gasteiger partial charge in [-0.05, 0) is 49.6 Å². The first-order chi connectivity index (χ1) is 8.43. The van der Waals surface area contributed by atoms with Crippen molar-refractivity contribution in [3.8, 4) is 0 Å². The zero-order valence-corrected chi connectivity index (χ0v) is 13.3. The first-order valence-corrected chi connectivity index (χ1v) is 7.44. The van der Waals surface area contributed by atoms with Crippen LogP contribution in [0.5, 0.6) is 0 Å². The fraction of sp³-hybridized carbons (Fsp3) is 0.600. The monoisotopic (exact) mass is 310 g/mol. The Kier molecular flexibility index (Phi) is 4.02. The molecule has 0 spiro atoms. The lowest BCUT2D eigenvalue weighted by molar-refractivity contribution is 0.418. The quantitative estimate of drug-likeness (QED) is 0.909. The minimum atomic E-state index is 0.376. The van der Waals surface area contributed by atoms with E-state index in [1.165, 1.54) is 17.7 Å². The number of nitrogens with one attached hydrogen (secondary N) is 1. The normalized spacial score (nSPS) is 20.2. The third kappa shape index (κ3) is 2.89. The highest BCUT2D eigenvalue weighted by Crippen LogP contribution is 2.36. The molecule has 1 fully saturated rings. The second-order valence-electron chi connectivity index (χ2n) is 6.05. The molecule has 1 unspecified atom stereocenters. The number of halogens is 1. The molecule has 0 radical (unpaired) electrons. The van der Waals surface area contributed by atoms with Gasteiger partial charge in [-0.2, -0.15) is 0 Å². The lowest BCUT2D eigenvalue weighted by Crippen LogP contribution is -2.25. The number of rotatable bonds is 3. The van der Waals surface area contributed by atoms with Crippen molar-refractivity contribution in [3.05, 3.63) is 28.2 Å². The van der Waals surface area contributed by atoms with Crippen molar-refractivity contribution in [2.45, 2.75) is 33.2 Å². The van der Waals surface area contributed by atoms with Crippen molar-refractivity contribution >= 4 is 21.6 Å². The van der Waals surface area contributed by atoms with E-state index in [-0.39, 0.29) is 0 Å². The summed E-state index contributed by atoms with van der Waals surface area (Å²) in [6.07, 6.45) is 1.27. The molecule has 0 aliphatic carbocycles. The van der Waals surface area contributed by atoms with Gasteiger partial charge in [-0.25, -0.2) is 0 Å². The summed E-state index contributed by atoms with van der Waals surface area (Å²) in [5, 5.41) is 3.35. The summed E-state index contributed by atoms with van der Waals surface area (Å²) >= 11 is 3.58. The van der Waals surface area contributed by atoms with Gasteiger partial charge < -0.3 is 10.2 Å². The largest absolute Gasteiger partial charge is 0.371 e. The van der Waals surface area contributed by atoms with Gasteiger partial charge >= 0.3 is 0 Å². The molecule has 1 aromatic rings. The fourth-order valence-corrected chi connectivity index (χ4v) is 3.01. The minimum Gasteiger partial charge on any atom is -0.371 e. The van der Waals surface area contributed by atoms with E-state index >= 15 is 0 Å². The van der Waals surface area contributed by atoms with E-state index in [0.29, 0.717) is 11.5 Å². The molecule has 0 saturated carbocycles. The zero-order valence-electron chi connectivity index (χ0n) is 11.8. The molecule has 1 saturated heterocycles. The van der Waals surface area contributed by atoms with Crippen molar-refractivity contribution in [2.24, 2.45) is 5.41 Å². The average molecular weight is 311 g/mol. The SMILES string of the molecule is CNC(C)c1cc(Br)ccc1N1CCC(C)(C)C1. The van der Waals surface area contributed by atoms with E-state index in [4.69, 9.17) is 0 Å². The molecule has 1 aliphatic rings. The molecule has 1 atom stereocenters. The van der Waals surface area contributed by atoms with E-state index < -0.39 is 0 Å². The van der Waals surface area contributed by atoms with Gasteiger partial charge in [0.1, 0.15) is 0 Å². The maximum Gasteiger partial charge on any atom is 0.0415 e. The molecular weight excluding hydrogens is 288 g/mol. The summed E-state index contributed by atoms with van der Waals surface area (Å²) < 4.78 is 1.15. The Morgan fingerprint density at radius 1 is 1.39 bits per heavy atom. The molecule has 2 nitrogen and oxygen atoms in total. The van der Waals surface area contributed by atoms with Crippen molar-refractivity contribution in [1.82, 2.24) is 5.32 Å². The van der Waals surface area contributed by atoms with Crippen LogP contribution in [0, 0.1) is 5.41 Å². The molecule has 100 valence electrons. The van der Waals surface area contributed by atoms with Gasteiger partial charge in [-0.15, -0.1) is 0 Å². The Bertz CT molecular complexity index is 429. The Labute approximate surface area is 119 Å². The highest BCUT2D eigenvalue weighted by atomic mass is 79.9. The maximum absolute atomic E-state index is 3.58.